The number of aromatic nitrogens is 2. The molecular formula is C18H15ClN2O2. The number of halogens is 1. The van der Waals surface area contributed by atoms with E-state index in [1.165, 1.54) is 5.56 Å². The molecule has 1 heterocycles. The molecule has 0 fully saturated rings. The van der Waals surface area contributed by atoms with Crippen molar-refractivity contribution in [3.8, 4) is 17.1 Å². The minimum Gasteiger partial charge on any atom is -0.497 e. The van der Waals surface area contributed by atoms with Crippen molar-refractivity contribution in [2.24, 2.45) is 0 Å². The molecule has 1 aromatic heterocycles. The molecule has 0 aliphatic heterocycles. The summed E-state index contributed by atoms with van der Waals surface area (Å²) in [7, 11) is 1.62. The van der Waals surface area contributed by atoms with Gasteiger partial charge in [-0.15, -0.1) is 0 Å². The molecule has 2 aromatic carbocycles. The lowest BCUT2D eigenvalue weighted by atomic mass is 10.1. The van der Waals surface area contributed by atoms with E-state index in [0.29, 0.717) is 10.9 Å². The van der Waals surface area contributed by atoms with Gasteiger partial charge in [-0.1, -0.05) is 46.6 Å². The topological polar surface area (TPSA) is 48.2 Å². The molecule has 0 saturated heterocycles. The largest absolute Gasteiger partial charge is 0.497 e. The molecule has 0 aliphatic rings. The van der Waals surface area contributed by atoms with Crippen LogP contribution < -0.4 is 4.74 Å². The second-order valence-corrected chi connectivity index (χ2v) is 5.46. The first-order chi connectivity index (χ1) is 11.2. The number of rotatable bonds is 4. The van der Waals surface area contributed by atoms with Crippen molar-refractivity contribution >= 4 is 22.7 Å². The molecule has 3 aromatic rings. The second kappa shape index (κ2) is 6.67. The van der Waals surface area contributed by atoms with Gasteiger partial charge < -0.3 is 9.26 Å². The van der Waals surface area contributed by atoms with E-state index in [1.54, 1.807) is 13.2 Å². The molecule has 23 heavy (non-hydrogen) atoms. The Morgan fingerprint density at radius 3 is 2.43 bits per heavy atom. The second-order valence-electron chi connectivity index (χ2n) is 5.05. The highest BCUT2D eigenvalue weighted by molar-refractivity contribution is 6.50. The van der Waals surface area contributed by atoms with Crippen LogP contribution in [0.25, 0.3) is 22.5 Å². The van der Waals surface area contributed by atoms with Crippen LogP contribution in [-0.2, 0) is 0 Å². The Balaban J connectivity index is 1.84. The summed E-state index contributed by atoms with van der Waals surface area (Å²) in [6.45, 7) is 2.04. The van der Waals surface area contributed by atoms with Crippen LogP contribution in [0, 0.1) is 6.92 Å². The molecule has 0 spiro atoms. The first-order valence-corrected chi connectivity index (χ1v) is 7.46. The van der Waals surface area contributed by atoms with Gasteiger partial charge in [0.2, 0.25) is 5.82 Å². The van der Waals surface area contributed by atoms with E-state index < -0.39 is 0 Å². The monoisotopic (exact) mass is 326 g/mol. The predicted molar refractivity (Wildman–Crippen MR) is 91.2 cm³/mol. The van der Waals surface area contributed by atoms with Crippen molar-refractivity contribution in [3.05, 3.63) is 65.5 Å². The Kier molecular flexibility index (Phi) is 4.44. The Morgan fingerprint density at radius 1 is 1.09 bits per heavy atom. The molecule has 5 heteroatoms. The summed E-state index contributed by atoms with van der Waals surface area (Å²) in [5, 5.41) is 4.37. The van der Waals surface area contributed by atoms with Gasteiger partial charge in [-0.05, 0) is 42.8 Å². The van der Waals surface area contributed by atoms with Crippen LogP contribution in [-0.4, -0.2) is 17.3 Å². The number of hydrogen-bond donors (Lipinski definition) is 0. The Bertz CT molecular complexity index is 821. The van der Waals surface area contributed by atoms with Crippen LogP contribution in [0.4, 0.5) is 0 Å². The summed E-state index contributed by atoms with van der Waals surface area (Å²) >= 11 is 6.27. The summed E-state index contributed by atoms with van der Waals surface area (Å²) < 4.78 is 10.4. The minimum absolute atomic E-state index is 0.290. The maximum absolute atomic E-state index is 6.27. The first-order valence-electron chi connectivity index (χ1n) is 7.08. The quantitative estimate of drug-likeness (QED) is 0.691. The summed E-state index contributed by atoms with van der Waals surface area (Å²) in [6.07, 6.45) is 1.80. The standard InChI is InChI=1S/C18H15ClN2O2/c1-12-3-5-13(6-4-12)11-16(19)18-20-17(21-23-18)14-7-9-15(22-2)10-8-14/h3-11H,1-2H3/b16-11-. The zero-order valence-electron chi connectivity index (χ0n) is 12.8. The third kappa shape index (κ3) is 3.60. The summed E-state index contributed by atoms with van der Waals surface area (Å²) in [5.74, 6) is 1.55. The highest BCUT2D eigenvalue weighted by atomic mass is 35.5. The fourth-order valence-electron chi connectivity index (χ4n) is 2.05. The maximum Gasteiger partial charge on any atom is 0.269 e. The van der Waals surface area contributed by atoms with E-state index in [9.17, 15) is 0 Å². The van der Waals surface area contributed by atoms with Crippen LogP contribution in [0.15, 0.2) is 53.1 Å². The third-order valence-corrected chi connectivity index (χ3v) is 3.62. The van der Waals surface area contributed by atoms with Gasteiger partial charge in [0.05, 0.1) is 7.11 Å². The van der Waals surface area contributed by atoms with Crippen molar-refractivity contribution in [2.75, 3.05) is 7.11 Å². The maximum atomic E-state index is 6.27. The predicted octanol–water partition coefficient (Wildman–Crippen LogP) is 4.79. The van der Waals surface area contributed by atoms with Crippen LogP contribution in [0.5, 0.6) is 5.75 Å². The Labute approximate surface area is 139 Å². The van der Waals surface area contributed by atoms with Crippen molar-refractivity contribution in [1.29, 1.82) is 0 Å². The molecule has 4 nitrogen and oxygen atoms in total. The number of aryl methyl sites for hydroxylation is 1. The van der Waals surface area contributed by atoms with Gasteiger partial charge >= 0.3 is 0 Å². The zero-order chi connectivity index (χ0) is 16.2. The molecule has 3 rings (SSSR count). The Morgan fingerprint density at radius 2 is 1.78 bits per heavy atom. The van der Waals surface area contributed by atoms with Gasteiger partial charge in [-0.2, -0.15) is 4.98 Å². The third-order valence-electron chi connectivity index (χ3n) is 3.35. The van der Waals surface area contributed by atoms with E-state index in [-0.39, 0.29) is 5.89 Å². The number of methoxy groups -OCH3 is 1. The van der Waals surface area contributed by atoms with E-state index in [2.05, 4.69) is 10.1 Å². The normalized spacial score (nSPS) is 11.5. The molecule has 0 saturated carbocycles. The van der Waals surface area contributed by atoms with Crippen molar-refractivity contribution in [2.45, 2.75) is 6.92 Å². The van der Waals surface area contributed by atoms with Crippen LogP contribution in [0.3, 0.4) is 0 Å². The summed E-state index contributed by atoms with van der Waals surface area (Å²) in [5.41, 5.74) is 3.00. The van der Waals surface area contributed by atoms with Crippen LogP contribution in [0.1, 0.15) is 17.0 Å². The lowest BCUT2D eigenvalue weighted by Gasteiger charge is -1.99. The van der Waals surface area contributed by atoms with Crippen LogP contribution in [0.2, 0.25) is 0 Å². The fraction of sp³-hybridized carbons (Fsp3) is 0.111. The van der Waals surface area contributed by atoms with Crippen molar-refractivity contribution < 1.29 is 9.26 Å². The average Bonchev–Trinajstić information content (AvgIpc) is 3.07. The van der Waals surface area contributed by atoms with Gasteiger partial charge in [0.1, 0.15) is 10.8 Å². The molecule has 0 radical (unpaired) electrons. The van der Waals surface area contributed by atoms with Crippen LogP contribution >= 0.6 is 11.6 Å². The average molecular weight is 327 g/mol. The minimum atomic E-state index is 0.290. The fourth-order valence-corrected chi connectivity index (χ4v) is 2.25. The lowest BCUT2D eigenvalue weighted by Crippen LogP contribution is -1.84. The van der Waals surface area contributed by atoms with Crippen molar-refractivity contribution in [1.82, 2.24) is 10.1 Å². The summed E-state index contributed by atoms with van der Waals surface area (Å²) in [6, 6.07) is 15.4. The number of benzene rings is 2. The molecule has 116 valence electrons. The molecule has 0 unspecified atom stereocenters. The van der Waals surface area contributed by atoms with Gasteiger partial charge in [0.15, 0.2) is 0 Å². The SMILES string of the molecule is COc1ccc(-c2noc(/C(Cl)=C/c3ccc(C)cc3)n2)cc1. The lowest BCUT2D eigenvalue weighted by molar-refractivity contribution is 0.410. The summed E-state index contributed by atoms with van der Waals surface area (Å²) in [4.78, 5) is 4.33. The van der Waals surface area contributed by atoms with E-state index in [1.807, 2.05) is 55.5 Å². The molecule has 0 atom stereocenters. The van der Waals surface area contributed by atoms with Gasteiger partial charge in [0.25, 0.3) is 5.89 Å². The highest BCUT2D eigenvalue weighted by Gasteiger charge is 2.11. The van der Waals surface area contributed by atoms with E-state index in [4.69, 9.17) is 20.9 Å². The van der Waals surface area contributed by atoms with Gasteiger partial charge in [0, 0.05) is 5.56 Å². The number of hydrogen-bond acceptors (Lipinski definition) is 4. The number of ether oxygens (including phenoxy) is 1. The smallest absolute Gasteiger partial charge is 0.269 e. The number of nitrogens with zero attached hydrogens (tertiary/aromatic N) is 2. The Hall–Kier alpha value is -2.59. The molecule has 0 aliphatic carbocycles. The zero-order valence-corrected chi connectivity index (χ0v) is 13.5. The highest BCUT2D eigenvalue weighted by Crippen LogP contribution is 2.25. The van der Waals surface area contributed by atoms with E-state index in [0.717, 1.165) is 16.9 Å². The molecule has 0 N–H and O–H groups in total. The van der Waals surface area contributed by atoms with Gasteiger partial charge in [-0.25, -0.2) is 0 Å². The first kappa shape index (κ1) is 15.3. The van der Waals surface area contributed by atoms with Gasteiger partial charge in [-0.3, -0.25) is 0 Å². The van der Waals surface area contributed by atoms with Crippen molar-refractivity contribution in [3.63, 3.8) is 0 Å². The molecule has 0 amide bonds. The molecule has 0 bridgehead atoms. The molecular weight excluding hydrogens is 312 g/mol. The van der Waals surface area contributed by atoms with E-state index >= 15 is 0 Å².